The van der Waals surface area contributed by atoms with E-state index in [0.29, 0.717) is 6.04 Å². The number of hydrogen-bond acceptors (Lipinski definition) is 3. The van der Waals surface area contributed by atoms with Gasteiger partial charge in [-0.25, -0.2) is 11.0 Å². The molecule has 0 amide bonds. The van der Waals surface area contributed by atoms with Gasteiger partial charge in [-0.3, -0.25) is 0 Å². The van der Waals surface area contributed by atoms with Crippen molar-refractivity contribution in [3.63, 3.8) is 0 Å². The van der Waals surface area contributed by atoms with Crippen LogP contribution in [0, 0.1) is 0 Å². The van der Waals surface area contributed by atoms with Gasteiger partial charge in [-0.2, -0.15) is 5.10 Å². The van der Waals surface area contributed by atoms with Crippen LogP contribution in [0.15, 0.2) is 5.10 Å². The zero-order valence-electron chi connectivity index (χ0n) is 4.17. The van der Waals surface area contributed by atoms with Crippen molar-refractivity contribution < 1.29 is 0 Å². The number of nitrogens with zero attached hydrogens (tertiary/aromatic N) is 2. The molecule has 0 aliphatic heterocycles. The van der Waals surface area contributed by atoms with Gasteiger partial charge in [0.05, 0.1) is 6.04 Å². The summed E-state index contributed by atoms with van der Waals surface area (Å²) >= 11 is 0. The minimum atomic E-state index is 0.498. The quantitative estimate of drug-likeness (QED) is 0.299. The van der Waals surface area contributed by atoms with E-state index in [9.17, 15) is 0 Å². The SMILES string of the molecule is C=NN(N)C1CC1. The van der Waals surface area contributed by atoms with Crippen molar-refractivity contribution in [3.8, 4) is 0 Å². The average molecular weight is 99.1 g/mol. The maximum Gasteiger partial charge on any atom is 0.0641 e. The molecule has 0 aromatic heterocycles. The highest BCUT2D eigenvalue weighted by Crippen LogP contribution is 2.23. The molecule has 0 aromatic rings. The second-order valence-electron chi connectivity index (χ2n) is 1.75. The van der Waals surface area contributed by atoms with Gasteiger partial charge in [-0.1, -0.05) is 0 Å². The van der Waals surface area contributed by atoms with Crippen LogP contribution in [-0.2, 0) is 0 Å². The third kappa shape index (κ3) is 0.899. The van der Waals surface area contributed by atoms with Gasteiger partial charge < -0.3 is 0 Å². The largest absolute Gasteiger partial charge is 0.231 e. The topological polar surface area (TPSA) is 41.6 Å². The van der Waals surface area contributed by atoms with Crippen LogP contribution in [-0.4, -0.2) is 17.9 Å². The van der Waals surface area contributed by atoms with E-state index in [2.05, 4.69) is 11.8 Å². The number of hydrazone groups is 1. The molecule has 0 bridgehead atoms. The standard InChI is InChI=1S/C4H9N3/c1-6-7(5)4-2-3-4/h4H,1-3,5H2. The Balaban J connectivity index is 2.22. The van der Waals surface area contributed by atoms with E-state index in [1.807, 2.05) is 0 Å². The predicted molar refractivity (Wildman–Crippen MR) is 28.6 cm³/mol. The van der Waals surface area contributed by atoms with Crippen molar-refractivity contribution in [2.45, 2.75) is 18.9 Å². The summed E-state index contributed by atoms with van der Waals surface area (Å²) in [6.07, 6.45) is 2.35. The Hall–Kier alpha value is -0.570. The zero-order chi connectivity index (χ0) is 5.28. The summed E-state index contributed by atoms with van der Waals surface area (Å²) in [6, 6.07) is 0.498. The van der Waals surface area contributed by atoms with Crippen LogP contribution in [0.4, 0.5) is 0 Å². The number of hydrogen-bond donors (Lipinski definition) is 1. The lowest BCUT2D eigenvalue weighted by Crippen LogP contribution is -2.26. The Kier molecular flexibility index (Phi) is 0.982. The molecule has 1 rings (SSSR count). The van der Waals surface area contributed by atoms with Gasteiger partial charge in [-0.15, -0.1) is 0 Å². The first-order valence-electron chi connectivity index (χ1n) is 2.35. The first-order valence-corrected chi connectivity index (χ1v) is 2.35. The smallest absolute Gasteiger partial charge is 0.0641 e. The Morgan fingerprint density at radius 2 is 2.29 bits per heavy atom. The Labute approximate surface area is 42.8 Å². The van der Waals surface area contributed by atoms with Gasteiger partial charge in [0.15, 0.2) is 0 Å². The highest BCUT2D eigenvalue weighted by Gasteiger charge is 2.25. The van der Waals surface area contributed by atoms with Crippen molar-refractivity contribution in [3.05, 3.63) is 0 Å². The van der Waals surface area contributed by atoms with E-state index in [1.165, 1.54) is 18.0 Å². The monoisotopic (exact) mass is 99.1 g/mol. The molecule has 1 aliphatic carbocycles. The lowest BCUT2D eigenvalue weighted by atomic mass is 10.7. The van der Waals surface area contributed by atoms with E-state index in [4.69, 9.17) is 5.84 Å². The Morgan fingerprint density at radius 3 is 2.43 bits per heavy atom. The van der Waals surface area contributed by atoms with Crippen LogP contribution >= 0.6 is 0 Å². The van der Waals surface area contributed by atoms with Crippen molar-refractivity contribution in [1.82, 2.24) is 5.12 Å². The predicted octanol–water partition coefficient (Wildman–Crippen LogP) is -0.0599. The minimum Gasteiger partial charge on any atom is -0.231 e. The lowest BCUT2D eigenvalue weighted by molar-refractivity contribution is 0.291. The molecule has 3 nitrogen and oxygen atoms in total. The fraction of sp³-hybridized carbons (Fsp3) is 0.750. The van der Waals surface area contributed by atoms with Gasteiger partial charge in [0.2, 0.25) is 0 Å². The van der Waals surface area contributed by atoms with Gasteiger partial charge in [-0.05, 0) is 12.8 Å². The molecule has 0 spiro atoms. The molecule has 1 aliphatic rings. The second kappa shape index (κ2) is 1.50. The third-order valence-corrected chi connectivity index (χ3v) is 1.08. The fourth-order valence-corrected chi connectivity index (χ4v) is 0.455. The maximum absolute atomic E-state index is 5.28. The van der Waals surface area contributed by atoms with Crippen LogP contribution in [0.1, 0.15) is 12.8 Å². The minimum absolute atomic E-state index is 0.498. The normalized spacial score (nSPS) is 19.0. The molecule has 2 N–H and O–H groups in total. The molecule has 1 saturated carbocycles. The van der Waals surface area contributed by atoms with Gasteiger partial charge >= 0.3 is 0 Å². The molecule has 1 fully saturated rings. The molecular formula is C4H9N3. The highest BCUT2D eigenvalue weighted by molar-refractivity contribution is 5.22. The van der Waals surface area contributed by atoms with Crippen LogP contribution in [0.5, 0.6) is 0 Å². The highest BCUT2D eigenvalue weighted by atomic mass is 15.6. The summed E-state index contributed by atoms with van der Waals surface area (Å²) < 4.78 is 0. The van der Waals surface area contributed by atoms with Crippen molar-refractivity contribution in [2.75, 3.05) is 0 Å². The van der Waals surface area contributed by atoms with Crippen molar-refractivity contribution in [1.29, 1.82) is 0 Å². The summed E-state index contributed by atoms with van der Waals surface area (Å²) in [7, 11) is 0. The molecule has 0 aromatic carbocycles. The van der Waals surface area contributed by atoms with Crippen LogP contribution in [0.25, 0.3) is 0 Å². The first-order chi connectivity index (χ1) is 3.34. The fourth-order valence-electron chi connectivity index (χ4n) is 0.455. The second-order valence-corrected chi connectivity index (χ2v) is 1.75. The van der Waals surface area contributed by atoms with Crippen molar-refractivity contribution >= 4 is 6.72 Å². The number of hydrazine groups is 1. The lowest BCUT2D eigenvalue weighted by Gasteiger charge is -2.06. The summed E-state index contributed by atoms with van der Waals surface area (Å²) in [5.74, 6) is 5.28. The van der Waals surface area contributed by atoms with Gasteiger partial charge in [0, 0.05) is 6.72 Å². The first kappa shape index (κ1) is 4.59. The summed E-state index contributed by atoms with van der Waals surface area (Å²) in [6.45, 7) is 3.27. The number of rotatable bonds is 2. The Morgan fingerprint density at radius 1 is 1.71 bits per heavy atom. The molecule has 0 saturated heterocycles. The summed E-state index contributed by atoms with van der Waals surface area (Å²) in [5, 5.41) is 4.93. The van der Waals surface area contributed by atoms with Crippen LogP contribution in [0.3, 0.4) is 0 Å². The van der Waals surface area contributed by atoms with E-state index in [-0.39, 0.29) is 0 Å². The van der Waals surface area contributed by atoms with Crippen LogP contribution in [0.2, 0.25) is 0 Å². The number of nitrogens with two attached hydrogens (primary N) is 1. The molecule has 0 radical (unpaired) electrons. The third-order valence-electron chi connectivity index (χ3n) is 1.08. The molecule has 0 atom stereocenters. The molecule has 0 unspecified atom stereocenters. The average Bonchev–Trinajstić information content (AvgIpc) is 2.44. The summed E-state index contributed by atoms with van der Waals surface area (Å²) in [5.41, 5.74) is 0. The molecule has 3 heteroatoms. The van der Waals surface area contributed by atoms with Crippen LogP contribution < -0.4 is 5.84 Å². The van der Waals surface area contributed by atoms with Gasteiger partial charge in [0.1, 0.15) is 0 Å². The Bertz CT molecular complexity index is 77.0. The van der Waals surface area contributed by atoms with Crippen molar-refractivity contribution in [2.24, 2.45) is 10.9 Å². The zero-order valence-corrected chi connectivity index (χ0v) is 4.17. The molecule has 7 heavy (non-hydrogen) atoms. The van der Waals surface area contributed by atoms with E-state index >= 15 is 0 Å². The molecular weight excluding hydrogens is 90.1 g/mol. The summed E-state index contributed by atoms with van der Waals surface area (Å²) in [4.78, 5) is 0. The van der Waals surface area contributed by atoms with E-state index in [1.54, 1.807) is 0 Å². The maximum atomic E-state index is 5.28. The molecule has 0 heterocycles. The molecule has 40 valence electrons. The van der Waals surface area contributed by atoms with E-state index in [0.717, 1.165) is 0 Å². The van der Waals surface area contributed by atoms with Gasteiger partial charge in [0.25, 0.3) is 0 Å². The van der Waals surface area contributed by atoms with E-state index < -0.39 is 0 Å².